The van der Waals surface area contributed by atoms with Crippen LogP contribution in [0.25, 0.3) is 0 Å². The first-order valence-electron chi connectivity index (χ1n) is 10.2. The molecule has 1 amide bonds. The highest BCUT2D eigenvalue weighted by Crippen LogP contribution is 2.39. The van der Waals surface area contributed by atoms with Crippen LogP contribution in [0, 0.1) is 5.41 Å². The number of halogens is 2. The van der Waals surface area contributed by atoms with Gasteiger partial charge in [0.2, 0.25) is 5.91 Å². The van der Waals surface area contributed by atoms with Crippen molar-refractivity contribution >= 4 is 47.4 Å². The van der Waals surface area contributed by atoms with Gasteiger partial charge < -0.3 is 25.0 Å². The summed E-state index contributed by atoms with van der Waals surface area (Å²) in [6.07, 6.45) is 4.83. The van der Waals surface area contributed by atoms with Gasteiger partial charge in [-0.3, -0.25) is 9.79 Å². The average Bonchev–Trinajstić information content (AvgIpc) is 3.06. The number of amides is 1. The number of fused-ring (bicyclic) bond motifs is 1. The summed E-state index contributed by atoms with van der Waals surface area (Å²) in [6.45, 7) is 2.33. The minimum atomic E-state index is -0.348. The van der Waals surface area contributed by atoms with Crippen molar-refractivity contribution in [1.29, 1.82) is 0 Å². The van der Waals surface area contributed by atoms with Gasteiger partial charge in [0.05, 0.1) is 23.7 Å². The first kappa shape index (κ1) is 24.8. The van der Waals surface area contributed by atoms with E-state index in [9.17, 15) is 4.79 Å². The van der Waals surface area contributed by atoms with Gasteiger partial charge in [0.1, 0.15) is 0 Å². The standard InChI is InChI=1S/C21H31ClN4O3.HI/c1-23-20(25-14-21(7-4-5-8-21)19(27)26(2)3)24-13-15-11-16(22)18-17(12-15)28-9-6-10-29-18;/h11-12H,4-10,13-14H2,1-3H3,(H2,23,24,25);1H. The summed E-state index contributed by atoms with van der Waals surface area (Å²) in [5.74, 6) is 2.13. The molecule has 168 valence electrons. The Bertz CT molecular complexity index is 767. The number of nitrogens with zero attached hydrogens (tertiary/aromatic N) is 2. The van der Waals surface area contributed by atoms with Crippen molar-refractivity contribution in [2.24, 2.45) is 10.4 Å². The zero-order valence-electron chi connectivity index (χ0n) is 17.9. The minimum Gasteiger partial charge on any atom is -0.489 e. The van der Waals surface area contributed by atoms with Crippen LogP contribution in [-0.2, 0) is 11.3 Å². The Balaban J connectivity index is 0.00000320. The fraction of sp³-hybridized carbons (Fsp3) is 0.619. The molecule has 1 aliphatic carbocycles. The highest BCUT2D eigenvalue weighted by Gasteiger charge is 2.42. The molecule has 2 N–H and O–H groups in total. The molecule has 1 heterocycles. The van der Waals surface area contributed by atoms with E-state index in [4.69, 9.17) is 21.1 Å². The molecule has 1 aromatic carbocycles. The van der Waals surface area contributed by atoms with Gasteiger partial charge in [-0.2, -0.15) is 0 Å². The molecule has 1 aliphatic heterocycles. The summed E-state index contributed by atoms with van der Waals surface area (Å²) in [5, 5.41) is 7.20. The second kappa shape index (κ2) is 11.3. The van der Waals surface area contributed by atoms with Gasteiger partial charge in [-0.25, -0.2) is 0 Å². The van der Waals surface area contributed by atoms with Crippen LogP contribution in [0.2, 0.25) is 5.02 Å². The smallest absolute Gasteiger partial charge is 0.230 e. The maximum atomic E-state index is 12.7. The van der Waals surface area contributed by atoms with E-state index in [0.717, 1.165) is 37.7 Å². The van der Waals surface area contributed by atoms with Gasteiger partial charge in [-0.1, -0.05) is 24.4 Å². The lowest BCUT2D eigenvalue weighted by atomic mass is 9.84. The molecule has 0 saturated heterocycles. The lowest BCUT2D eigenvalue weighted by Crippen LogP contribution is -2.49. The second-order valence-corrected chi connectivity index (χ2v) is 8.33. The highest BCUT2D eigenvalue weighted by molar-refractivity contribution is 14.0. The van der Waals surface area contributed by atoms with Gasteiger partial charge in [0, 0.05) is 40.7 Å². The molecule has 1 saturated carbocycles. The quantitative estimate of drug-likeness (QED) is 0.334. The predicted octanol–water partition coefficient (Wildman–Crippen LogP) is 3.43. The Morgan fingerprint density at radius 1 is 1.17 bits per heavy atom. The van der Waals surface area contributed by atoms with E-state index in [1.165, 1.54) is 0 Å². The molecule has 0 radical (unpaired) electrons. The summed E-state index contributed by atoms with van der Waals surface area (Å²) < 4.78 is 11.4. The molecule has 0 atom stereocenters. The van der Waals surface area contributed by atoms with E-state index in [2.05, 4.69) is 15.6 Å². The van der Waals surface area contributed by atoms with E-state index in [1.54, 1.807) is 11.9 Å². The second-order valence-electron chi connectivity index (χ2n) is 7.92. The van der Waals surface area contributed by atoms with Crippen LogP contribution in [-0.4, -0.2) is 57.7 Å². The van der Waals surface area contributed by atoms with Crippen LogP contribution in [0.3, 0.4) is 0 Å². The SMILES string of the molecule is CN=C(NCc1cc(Cl)c2c(c1)OCCCO2)NCC1(C(=O)N(C)C)CCCC1.I. The Morgan fingerprint density at radius 2 is 1.87 bits per heavy atom. The number of carbonyl (C=O) groups excluding carboxylic acids is 1. The van der Waals surface area contributed by atoms with Crippen molar-refractivity contribution in [3.8, 4) is 11.5 Å². The van der Waals surface area contributed by atoms with Gasteiger partial charge in [-0.15, -0.1) is 24.0 Å². The third-order valence-electron chi connectivity index (χ3n) is 5.56. The Kier molecular flexibility index (Phi) is 9.33. The topological polar surface area (TPSA) is 75.2 Å². The zero-order chi connectivity index (χ0) is 20.9. The third-order valence-corrected chi connectivity index (χ3v) is 5.84. The molecule has 7 nitrogen and oxygen atoms in total. The van der Waals surface area contributed by atoms with Crippen molar-refractivity contribution in [3.05, 3.63) is 22.7 Å². The average molecular weight is 551 g/mol. The largest absolute Gasteiger partial charge is 0.489 e. The van der Waals surface area contributed by atoms with Crippen molar-refractivity contribution in [2.75, 3.05) is 40.9 Å². The number of ether oxygens (including phenoxy) is 2. The van der Waals surface area contributed by atoms with Gasteiger partial charge in [0.15, 0.2) is 17.5 Å². The fourth-order valence-corrected chi connectivity index (χ4v) is 4.33. The zero-order valence-corrected chi connectivity index (χ0v) is 21.0. The number of rotatable bonds is 5. The summed E-state index contributed by atoms with van der Waals surface area (Å²) >= 11 is 6.38. The van der Waals surface area contributed by atoms with Crippen LogP contribution >= 0.6 is 35.6 Å². The van der Waals surface area contributed by atoms with Gasteiger partial charge in [-0.05, 0) is 30.5 Å². The Hall–Kier alpha value is -1.42. The Morgan fingerprint density at radius 3 is 2.53 bits per heavy atom. The number of aliphatic imine (C=N–C) groups is 1. The lowest BCUT2D eigenvalue weighted by molar-refractivity contribution is -0.138. The molecule has 2 aliphatic rings. The molecule has 1 fully saturated rings. The lowest BCUT2D eigenvalue weighted by Gasteiger charge is -2.31. The summed E-state index contributed by atoms with van der Waals surface area (Å²) in [7, 11) is 5.37. The normalized spacial score (nSPS) is 17.5. The van der Waals surface area contributed by atoms with Gasteiger partial charge >= 0.3 is 0 Å². The molecule has 0 unspecified atom stereocenters. The third kappa shape index (κ3) is 5.84. The van der Waals surface area contributed by atoms with Crippen molar-refractivity contribution in [1.82, 2.24) is 15.5 Å². The van der Waals surface area contributed by atoms with Crippen molar-refractivity contribution in [2.45, 2.75) is 38.6 Å². The molecule has 30 heavy (non-hydrogen) atoms. The highest BCUT2D eigenvalue weighted by atomic mass is 127. The number of hydrogen-bond donors (Lipinski definition) is 2. The first-order chi connectivity index (χ1) is 13.9. The maximum Gasteiger partial charge on any atom is 0.230 e. The summed E-state index contributed by atoms with van der Waals surface area (Å²) in [6, 6.07) is 3.82. The van der Waals surface area contributed by atoms with E-state index in [1.807, 2.05) is 26.2 Å². The monoisotopic (exact) mass is 550 g/mol. The molecule has 1 aromatic rings. The molecule has 0 aromatic heterocycles. The first-order valence-corrected chi connectivity index (χ1v) is 10.6. The van der Waals surface area contributed by atoms with Crippen LogP contribution in [0.4, 0.5) is 0 Å². The molecule has 9 heteroatoms. The number of nitrogens with one attached hydrogen (secondary N) is 2. The fourth-order valence-electron chi connectivity index (χ4n) is 4.04. The molecule has 0 spiro atoms. The minimum absolute atomic E-state index is 0. The number of hydrogen-bond acceptors (Lipinski definition) is 4. The van der Waals surface area contributed by atoms with Gasteiger partial charge in [0.25, 0.3) is 0 Å². The van der Waals surface area contributed by atoms with E-state index in [-0.39, 0.29) is 35.3 Å². The number of carbonyl (C=O) groups is 1. The van der Waals surface area contributed by atoms with Crippen molar-refractivity contribution < 1.29 is 14.3 Å². The van der Waals surface area contributed by atoms with E-state index >= 15 is 0 Å². The number of benzene rings is 1. The predicted molar refractivity (Wildman–Crippen MR) is 130 cm³/mol. The number of guanidine groups is 1. The molecular formula is C21H32ClIN4O3. The van der Waals surface area contributed by atoms with E-state index < -0.39 is 0 Å². The molecule has 0 bridgehead atoms. The molecular weight excluding hydrogens is 519 g/mol. The summed E-state index contributed by atoms with van der Waals surface area (Å²) in [5.41, 5.74) is 0.627. The van der Waals surface area contributed by atoms with Crippen LogP contribution < -0.4 is 20.1 Å². The Labute approximate surface area is 200 Å². The van der Waals surface area contributed by atoms with Crippen LogP contribution in [0.1, 0.15) is 37.7 Å². The van der Waals surface area contributed by atoms with Crippen LogP contribution in [0.15, 0.2) is 17.1 Å². The summed E-state index contributed by atoms with van der Waals surface area (Å²) in [4.78, 5) is 18.7. The van der Waals surface area contributed by atoms with E-state index in [0.29, 0.717) is 48.8 Å². The van der Waals surface area contributed by atoms with Crippen molar-refractivity contribution in [3.63, 3.8) is 0 Å². The maximum absolute atomic E-state index is 12.7. The van der Waals surface area contributed by atoms with Crippen LogP contribution in [0.5, 0.6) is 11.5 Å². The molecule has 3 rings (SSSR count).